The Balaban J connectivity index is 3.50. The second-order valence-electron chi connectivity index (χ2n) is 1.68. The van der Waals surface area contributed by atoms with Gasteiger partial charge in [0, 0.05) is 6.54 Å². The molecule has 4 N–H and O–H groups in total. The molecule has 0 heterocycles. The van der Waals surface area contributed by atoms with Crippen LogP contribution >= 0.6 is 0 Å². The lowest BCUT2D eigenvalue weighted by Crippen LogP contribution is -2.42. The van der Waals surface area contributed by atoms with Crippen molar-refractivity contribution in [2.75, 3.05) is 13.2 Å². The summed E-state index contributed by atoms with van der Waals surface area (Å²) in [7, 11) is 0. The monoisotopic (exact) mass is 148 g/mol. The van der Waals surface area contributed by atoms with Gasteiger partial charge in [-0.05, 0) is 6.92 Å². The van der Waals surface area contributed by atoms with Crippen LogP contribution in [0.2, 0.25) is 0 Å². The van der Waals surface area contributed by atoms with E-state index in [1.165, 1.54) is 0 Å². The molecule has 60 valence electrons. The van der Waals surface area contributed by atoms with E-state index < -0.39 is 12.0 Å². The molecule has 0 aromatic rings. The molecule has 0 aromatic carbocycles. The minimum Gasteiger partial charge on any atom is -0.480 e. The van der Waals surface area contributed by atoms with Crippen molar-refractivity contribution in [1.82, 2.24) is 5.48 Å². The highest BCUT2D eigenvalue weighted by atomic mass is 16.6. The molecule has 0 bridgehead atoms. The zero-order chi connectivity index (χ0) is 7.98. The molecule has 1 unspecified atom stereocenters. The van der Waals surface area contributed by atoms with E-state index in [9.17, 15) is 4.79 Å². The van der Waals surface area contributed by atoms with Crippen LogP contribution < -0.4 is 11.2 Å². The summed E-state index contributed by atoms with van der Waals surface area (Å²) in [6.45, 7) is 2.20. The van der Waals surface area contributed by atoms with Crippen molar-refractivity contribution >= 4 is 5.97 Å². The molecule has 0 aliphatic heterocycles. The third-order valence-electron chi connectivity index (χ3n) is 0.904. The second kappa shape index (κ2) is 5.16. The molecule has 0 aliphatic carbocycles. The van der Waals surface area contributed by atoms with Gasteiger partial charge in [0.2, 0.25) is 0 Å². The third kappa shape index (κ3) is 3.39. The maximum atomic E-state index is 10.2. The van der Waals surface area contributed by atoms with Crippen molar-refractivity contribution in [1.29, 1.82) is 0 Å². The Labute approximate surface area is 59.1 Å². The number of hydroxylamine groups is 1. The Morgan fingerprint density at radius 2 is 2.50 bits per heavy atom. The van der Waals surface area contributed by atoms with Crippen molar-refractivity contribution in [2.24, 2.45) is 5.73 Å². The summed E-state index contributed by atoms with van der Waals surface area (Å²) in [5, 5.41) is 8.38. The van der Waals surface area contributed by atoms with E-state index in [0.29, 0.717) is 6.61 Å². The highest BCUT2D eigenvalue weighted by Gasteiger charge is 2.13. The molecule has 0 saturated carbocycles. The lowest BCUT2D eigenvalue weighted by Gasteiger charge is -2.09. The molecule has 5 nitrogen and oxygen atoms in total. The molecule has 0 aromatic heterocycles. The van der Waals surface area contributed by atoms with Crippen LogP contribution in [-0.2, 0) is 9.63 Å². The van der Waals surface area contributed by atoms with Crippen LogP contribution in [0.3, 0.4) is 0 Å². The first-order chi connectivity index (χ1) is 4.72. The standard InChI is InChI=1S/C5H12N2O3/c1-2-10-7-4(3-6)5(8)9/h4,7H,2-3,6H2,1H3,(H,8,9). The van der Waals surface area contributed by atoms with Crippen molar-refractivity contribution in [3.05, 3.63) is 0 Å². The number of hydrogen-bond donors (Lipinski definition) is 3. The molecular formula is C5H12N2O3. The number of carboxylic acid groups (broad SMARTS) is 1. The summed E-state index contributed by atoms with van der Waals surface area (Å²) in [6.07, 6.45) is 0. The number of carbonyl (C=O) groups is 1. The van der Waals surface area contributed by atoms with Gasteiger partial charge >= 0.3 is 5.97 Å². The molecule has 0 rings (SSSR count). The minimum atomic E-state index is -1.00. The second-order valence-corrected chi connectivity index (χ2v) is 1.68. The normalized spacial score (nSPS) is 13.0. The van der Waals surface area contributed by atoms with Gasteiger partial charge in [0.05, 0.1) is 6.61 Å². The predicted molar refractivity (Wildman–Crippen MR) is 35.2 cm³/mol. The number of hydrogen-bond acceptors (Lipinski definition) is 4. The van der Waals surface area contributed by atoms with Crippen LogP contribution in [0, 0.1) is 0 Å². The molecule has 0 radical (unpaired) electrons. The zero-order valence-electron chi connectivity index (χ0n) is 5.83. The number of nitrogens with one attached hydrogen (secondary N) is 1. The molecular weight excluding hydrogens is 136 g/mol. The van der Waals surface area contributed by atoms with Crippen molar-refractivity contribution in [2.45, 2.75) is 13.0 Å². The van der Waals surface area contributed by atoms with Gasteiger partial charge in [-0.3, -0.25) is 4.79 Å². The quantitative estimate of drug-likeness (QED) is 0.433. The Bertz CT molecular complexity index is 107. The van der Waals surface area contributed by atoms with Gasteiger partial charge < -0.3 is 15.7 Å². The summed E-state index contributed by atoms with van der Waals surface area (Å²) in [5.41, 5.74) is 7.39. The fourth-order valence-corrected chi connectivity index (χ4v) is 0.383. The van der Waals surface area contributed by atoms with Gasteiger partial charge in [-0.1, -0.05) is 0 Å². The van der Waals surface area contributed by atoms with Gasteiger partial charge in [0.25, 0.3) is 0 Å². The van der Waals surface area contributed by atoms with Gasteiger partial charge in [0.1, 0.15) is 6.04 Å². The molecule has 0 aliphatic rings. The summed E-state index contributed by atoms with van der Waals surface area (Å²) >= 11 is 0. The summed E-state index contributed by atoms with van der Waals surface area (Å²) in [5.74, 6) is -1.00. The largest absolute Gasteiger partial charge is 0.480 e. The topological polar surface area (TPSA) is 84.6 Å². The smallest absolute Gasteiger partial charge is 0.324 e. The maximum Gasteiger partial charge on any atom is 0.324 e. The minimum absolute atomic E-state index is 0.0231. The summed E-state index contributed by atoms with van der Waals surface area (Å²) in [4.78, 5) is 14.9. The van der Waals surface area contributed by atoms with E-state index in [2.05, 4.69) is 10.3 Å². The Morgan fingerprint density at radius 1 is 1.90 bits per heavy atom. The molecule has 0 spiro atoms. The fraction of sp³-hybridized carbons (Fsp3) is 0.800. The van der Waals surface area contributed by atoms with Crippen LogP contribution in [0.1, 0.15) is 6.92 Å². The maximum absolute atomic E-state index is 10.2. The molecule has 5 heteroatoms. The first-order valence-corrected chi connectivity index (χ1v) is 3.02. The zero-order valence-corrected chi connectivity index (χ0v) is 5.83. The Hall–Kier alpha value is -0.650. The highest BCUT2D eigenvalue weighted by molar-refractivity contribution is 5.73. The fourth-order valence-electron chi connectivity index (χ4n) is 0.383. The van der Waals surface area contributed by atoms with Crippen molar-refractivity contribution in [3.63, 3.8) is 0 Å². The molecule has 0 amide bonds. The Kier molecular flexibility index (Phi) is 4.82. The number of nitrogens with two attached hydrogens (primary N) is 1. The summed E-state index contributed by atoms with van der Waals surface area (Å²) in [6, 6.07) is -0.806. The first-order valence-electron chi connectivity index (χ1n) is 3.02. The van der Waals surface area contributed by atoms with Crippen molar-refractivity contribution < 1.29 is 14.7 Å². The average Bonchev–Trinajstić information content (AvgIpc) is 1.89. The van der Waals surface area contributed by atoms with Crippen LogP contribution in [0.25, 0.3) is 0 Å². The van der Waals surface area contributed by atoms with E-state index in [1.54, 1.807) is 6.92 Å². The van der Waals surface area contributed by atoms with Crippen LogP contribution in [0.5, 0.6) is 0 Å². The van der Waals surface area contributed by atoms with Crippen LogP contribution in [0.4, 0.5) is 0 Å². The molecule has 10 heavy (non-hydrogen) atoms. The summed E-state index contributed by atoms with van der Waals surface area (Å²) < 4.78 is 0. The average molecular weight is 148 g/mol. The predicted octanol–water partition coefficient (Wildman–Crippen LogP) is -1.06. The highest BCUT2D eigenvalue weighted by Crippen LogP contribution is 1.79. The van der Waals surface area contributed by atoms with E-state index in [4.69, 9.17) is 10.8 Å². The number of rotatable bonds is 5. The third-order valence-corrected chi connectivity index (χ3v) is 0.904. The van der Waals surface area contributed by atoms with Crippen molar-refractivity contribution in [3.8, 4) is 0 Å². The lowest BCUT2D eigenvalue weighted by atomic mass is 10.3. The molecule has 0 saturated heterocycles. The van der Waals surface area contributed by atoms with E-state index >= 15 is 0 Å². The first kappa shape index (κ1) is 9.35. The number of aliphatic carboxylic acids is 1. The number of carboxylic acids is 1. The van der Waals surface area contributed by atoms with Crippen LogP contribution in [0.15, 0.2) is 0 Å². The molecule has 1 atom stereocenters. The molecule has 0 fully saturated rings. The van der Waals surface area contributed by atoms with Gasteiger partial charge in [-0.15, -0.1) is 0 Å². The Morgan fingerprint density at radius 3 is 2.80 bits per heavy atom. The van der Waals surface area contributed by atoms with E-state index in [1.807, 2.05) is 0 Å². The van der Waals surface area contributed by atoms with Gasteiger partial charge in [0.15, 0.2) is 0 Å². The van der Waals surface area contributed by atoms with E-state index in [0.717, 1.165) is 0 Å². The van der Waals surface area contributed by atoms with E-state index in [-0.39, 0.29) is 6.54 Å². The lowest BCUT2D eigenvalue weighted by molar-refractivity contribution is -0.143. The van der Waals surface area contributed by atoms with Gasteiger partial charge in [-0.2, -0.15) is 5.48 Å². The van der Waals surface area contributed by atoms with Crippen LogP contribution in [-0.4, -0.2) is 30.3 Å². The SMILES string of the molecule is CCONC(CN)C(=O)O. The van der Waals surface area contributed by atoms with Gasteiger partial charge in [-0.25, -0.2) is 0 Å².